The van der Waals surface area contributed by atoms with Crippen LogP contribution in [0.5, 0.6) is 5.75 Å². The first-order chi connectivity index (χ1) is 10.1. The molecule has 1 atom stereocenters. The number of unbranched alkanes of at least 4 members (excludes halogenated alkanes) is 4. The zero-order valence-corrected chi connectivity index (χ0v) is 14.3. The van der Waals surface area contributed by atoms with Crippen LogP contribution in [0, 0.1) is 0 Å². The van der Waals surface area contributed by atoms with Gasteiger partial charge in [-0.2, -0.15) is 0 Å². The van der Waals surface area contributed by atoms with E-state index in [-0.39, 0.29) is 6.10 Å². The van der Waals surface area contributed by atoms with E-state index < -0.39 is 0 Å². The van der Waals surface area contributed by atoms with Crippen LogP contribution in [-0.4, -0.2) is 19.2 Å². The minimum absolute atomic E-state index is 0.213. The largest absolute Gasteiger partial charge is 0.489 e. The minimum Gasteiger partial charge on any atom is -0.489 e. The quantitative estimate of drug-likeness (QED) is 0.570. The van der Waals surface area contributed by atoms with Crippen LogP contribution in [0.4, 0.5) is 0 Å². The van der Waals surface area contributed by atoms with Crippen molar-refractivity contribution < 1.29 is 4.74 Å². The molecule has 0 radical (unpaired) electrons. The van der Waals surface area contributed by atoms with Gasteiger partial charge in [-0.1, -0.05) is 58.6 Å². The Morgan fingerprint density at radius 3 is 2.24 bits per heavy atom. The molecule has 1 unspecified atom stereocenters. The van der Waals surface area contributed by atoms with Crippen molar-refractivity contribution in [3.8, 4) is 5.75 Å². The Morgan fingerprint density at radius 2 is 1.62 bits per heavy atom. The summed E-state index contributed by atoms with van der Waals surface area (Å²) in [4.78, 5) is 0. The van der Waals surface area contributed by atoms with E-state index >= 15 is 0 Å². The molecule has 1 aromatic rings. The summed E-state index contributed by atoms with van der Waals surface area (Å²) in [5, 5.41) is 3.49. The third-order valence-electron chi connectivity index (χ3n) is 3.77. The van der Waals surface area contributed by atoms with Crippen LogP contribution >= 0.6 is 0 Å². The van der Waals surface area contributed by atoms with Gasteiger partial charge in [0.05, 0.1) is 0 Å². The second kappa shape index (κ2) is 10.7. The molecule has 0 saturated heterocycles. The molecule has 2 heteroatoms. The summed E-state index contributed by atoms with van der Waals surface area (Å²) >= 11 is 0. The summed E-state index contributed by atoms with van der Waals surface area (Å²) in [6.07, 6.45) is 6.87. The van der Waals surface area contributed by atoms with Gasteiger partial charge < -0.3 is 10.1 Å². The Hall–Kier alpha value is -1.02. The predicted molar refractivity (Wildman–Crippen MR) is 92.2 cm³/mol. The fourth-order valence-electron chi connectivity index (χ4n) is 2.36. The zero-order chi connectivity index (χ0) is 15.5. The fraction of sp³-hybridized carbons (Fsp3) is 0.684. The van der Waals surface area contributed by atoms with Crippen molar-refractivity contribution in [1.29, 1.82) is 0 Å². The lowest BCUT2D eigenvalue weighted by Crippen LogP contribution is -2.29. The molecule has 2 nitrogen and oxygen atoms in total. The van der Waals surface area contributed by atoms with Crippen LogP contribution in [0.2, 0.25) is 0 Å². The van der Waals surface area contributed by atoms with Gasteiger partial charge >= 0.3 is 0 Å². The number of nitrogens with one attached hydrogen (secondary N) is 1. The highest BCUT2D eigenvalue weighted by Gasteiger charge is 2.04. The maximum atomic E-state index is 5.93. The van der Waals surface area contributed by atoms with Gasteiger partial charge in [-0.15, -0.1) is 0 Å². The van der Waals surface area contributed by atoms with Gasteiger partial charge in [0.15, 0.2) is 0 Å². The van der Waals surface area contributed by atoms with E-state index in [0.29, 0.717) is 5.92 Å². The Balaban J connectivity index is 2.14. The van der Waals surface area contributed by atoms with Crippen molar-refractivity contribution >= 4 is 0 Å². The van der Waals surface area contributed by atoms with Crippen molar-refractivity contribution in [3.05, 3.63) is 29.8 Å². The molecular weight excluding hydrogens is 258 g/mol. The number of rotatable bonds is 11. The van der Waals surface area contributed by atoms with Crippen LogP contribution in [0.1, 0.15) is 71.3 Å². The molecule has 0 heterocycles. The lowest BCUT2D eigenvalue weighted by molar-refractivity contribution is 0.217. The number of benzene rings is 1. The van der Waals surface area contributed by atoms with E-state index in [2.05, 4.69) is 57.3 Å². The fourth-order valence-corrected chi connectivity index (χ4v) is 2.36. The summed E-state index contributed by atoms with van der Waals surface area (Å²) in [7, 11) is 0. The number of hydrogen-bond donors (Lipinski definition) is 1. The number of ether oxygens (including phenoxy) is 1. The summed E-state index contributed by atoms with van der Waals surface area (Å²) < 4.78 is 5.93. The van der Waals surface area contributed by atoms with Gasteiger partial charge in [0.25, 0.3) is 0 Å². The third kappa shape index (κ3) is 8.11. The minimum atomic E-state index is 0.213. The van der Waals surface area contributed by atoms with E-state index in [1.807, 2.05) is 0 Å². The molecule has 1 aromatic carbocycles. The molecule has 0 aliphatic heterocycles. The standard InChI is InChI=1S/C19H33NO/c1-5-6-7-8-9-14-20-15-17(4)21-19-12-10-18(11-13-19)16(2)3/h10-13,16-17,20H,5-9,14-15H2,1-4H3. The van der Waals surface area contributed by atoms with Gasteiger partial charge in [0.1, 0.15) is 11.9 Å². The first-order valence-corrected chi connectivity index (χ1v) is 8.60. The van der Waals surface area contributed by atoms with E-state index in [1.54, 1.807) is 0 Å². The van der Waals surface area contributed by atoms with Crippen molar-refractivity contribution in [2.45, 2.75) is 71.8 Å². The molecule has 0 aliphatic rings. The van der Waals surface area contributed by atoms with Gasteiger partial charge in [-0.25, -0.2) is 0 Å². The van der Waals surface area contributed by atoms with Crippen molar-refractivity contribution in [3.63, 3.8) is 0 Å². The molecule has 0 aliphatic carbocycles. The Morgan fingerprint density at radius 1 is 0.952 bits per heavy atom. The second-order valence-corrected chi connectivity index (χ2v) is 6.27. The molecule has 0 amide bonds. The lowest BCUT2D eigenvalue weighted by Gasteiger charge is -2.16. The molecule has 0 saturated carbocycles. The SMILES string of the molecule is CCCCCCCNCC(C)Oc1ccc(C(C)C)cc1. The Labute approximate surface area is 131 Å². The molecule has 0 fully saturated rings. The van der Waals surface area contributed by atoms with Crippen LogP contribution < -0.4 is 10.1 Å². The number of hydrogen-bond acceptors (Lipinski definition) is 2. The van der Waals surface area contributed by atoms with E-state index in [0.717, 1.165) is 18.8 Å². The summed E-state index contributed by atoms with van der Waals surface area (Å²) in [6, 6.07) is 8.48. The van der Waals surface area contributed by atoms with Crippen LogP contribution in [0.3, 0.4) is 0 Å². The van der Waals surface area contributed by atoms with E-state index in [4.69, 9.17) is 4.74 Å². The third-order valence-corrected chi connectivity index (χ3v) is 3.77. The average molecular weight is 291 g/mol. The van der Waals surface area contributed by atoms with Crippen LogP contribution in [-0.2, 0) is 0 Å². The Kier molecular flexibility index (Phi) is 9.16. The van der Waals surface area contributed by atoms with Gasteiger partial charge in [0, 0.05) is 6.54 Å². The maximum Gasteiger partial charge on any atom is 0.119 e. The van der Waals surface area contributed by atoms with Gasteiger partial charge in [0.2, 0.25) is 0 Å². The van der Waals surface area contributed by atoms with Crippen LogP contribution in [0.25, 0.3) is 0 Å². The monoisotopic (exact) mass is 291 g/mol. The summed E-state index contributed by atoms with van der Waals surface area (Å²) in [6.45, 7) is 10.8. The first-order valence-electron chi connectivity index (χ1n) is 8.60. The molecule has 1 rings (SSSR count). The normalized spacial score (nSPS) is 12.6. The molecule has 120 valence electrons. The maximum absolute atomic E-state index is 5.93. The second-order valence-electron chi connectivity index (χ2n) is 6.27. The zero-order valence-electron chi connectivity index (χ0n) is 14.3. The van der Waals surface area contributed by atoms with E-state index in [9.17, 15) is 0 Å². The highest BCUT2D eigenvalue weighted by molar-refractivity contribution is 5.29. The van der Waals surface area contributed by atoms with Gasteiger partial charge in [-0.3, -0.25) is 0 Å². The smallest absolute Gasteiger partial charge is 0.119 e. The Bertz CT molecular complexity index is 358. The molecule has 1 N–H and O–H groups in total. The summed E-state index contributed by atoms with van der Waals surface area (Å²) in [5.41, 5.74) is 1.36. The highest BCUT2D eigenvalue weighted by Crippen LogP contribution is 2.19. The van der Waals surface area contributed by atoms with Gasteiger partial charge in [-0.05, 0) is 43.5 Å². The molecule has 0 bridgehead atoms. The molecule has 0 aromatic heterocycles. The summed E-state index contributed by atoms with van der Waals surface area (Å²) in [5.74, 6) is 1.54. The highest BCUT2D eigenvalue weighted by atomic mass is 16.5. The molecule has 0 spiro atoms. The van der Waals surface area contributed by atoms with E-state index in [1.165, 1.54) is 37.7 Å². The first kappa shape index (κ1) is 18.0. The lowest BCUT2D eigenvalue weighted by atomic mass is 10.0. The predicted octanol–water partition coefficient (Wildman–Crippen LogP) is 5.14. The van der Waals surface area contributed by atoms with Crippen molar-refractivity contribution in [2.75, 3.05) is 13.1 Å². The average Bonchev–Trinajstić information content (AvgIpc) is 2.47. The van der Waals surface area contributed by atoms with Crippen molar-refractivity contribution in [2.24, 2.45) is 0 Å². The van der Waals surface area contributed by atoms with Crippen molar-refractivity contribution in [1.82, 2.24) is 5.32 Å². The molecule has 21 heavy (non-hydrogen) atoms. The van der Waals surface area contributed by atoms with Crippen LogP contribution in [0.15, 0.2) is 24.3 Å². The topological polar surface area (TPSA) is 21.3 Å². The molecular formula is C19H33NO.